The van der Waals surface area contributed by atoms with E-state index in [2.05, 4.69) is 29.1 Å². The van der Waals surface area contributed by atoms with Gasteiger partial charge in [-0.25, -0.2) is 9.97 Å². The fraction of sp³-hybridized carbons (Fsp3) is 0.667. The molecule has 0 amide bonds. The van der Waals surface area contributed by atoms with E-state index in [9.17, 15) is 0 Å². The summed E-state index contributed by atoms with van der Waals surface area (Å²) in [5.74, 6) is 1.26. The fourth-order valence-corrected chi connectivity index (χ4v) is 1.64. The van der Waals surface area contributed by atoms with Crippen molar-refractivity contribution in [2.24, 2.45) is 0 Å². The molecular formula is C12H20ClN3O. The minimum atomic E-state index is 0.0407. The van der Waals surface area contributed by atoms with E-state index >= 15 is 0 Å². The minimum Gasteiger partial charge on any atom is -0.383 e. The number of nitrogens with one attached hydrogen (secondary N) is 1. The molecule has 1 aromatic rings. The van der Waals surface area contributed by atoms with Gasteiger partial charge in [-0.2, -0.15) is 0 Å². The van der Waals surface area contributed by atoms with Crippen LogP contribution in [-0.4, -0.2) is 35.6 Å². The number of aromatic nitrogens is 2. The summed E-state index contributed by atoms with van der Waals surface area (Å²) in [6.07, 6.45) is 2.43. The molecule has 5 heteroatoms. The normalized spacial score (nSPS) is 12.8. The zero-order valence-corrected chi connectivity index (χ0v) is 11.4. The Morgan fingerprint density at radius 2 is 2.18 bits per heavy atom. The monoisotopic (exact) mass is 257 g/mol. The Labute approximate surface area is 108 Å². The Morgan fingerprint density at radius 3 is 2.82 bits per heavy atom. The van der Waals surface area contributed by atoms with E-state index in [1.807, 2.05) is 6.07 Å². The van der Waals surface area contributed by atoms with Crippen LogP contribution in [0.2, 0.25) is 0 Å². The van der Waals surface area contributed by atoms with E-state index < -0.39 is 0 Å². The van der Waals surface area contributed by atoms with E-state index in [-0.39, 0.29) is 5.38 Å². The van der Waals surface area contributed by atoms with Crippen LogP contribution in [-0.2, 0) is 4.74 Å². The van der Waals surface area contributed by atoms with Gasteiger partial charge in [-0.15, -0.1) is 11.6 Å². The second kappa shape index (κ2) is 7.45. The van der Waals surface area contributed by atoms with E-state index in [4.69, 9.17) is 16.3 Å². The van der Waals surface area contributed by atoms with Gasteiger partial charge >= 0.3 is 0 Å². The lowest BCUT2D eigenvalue weighted by Crippen LogP contribution is -2.14. The summed E-state index contributed by atoms with van der Waals surface area (Å²) in [5, 5.41) is 3.28. The molecule has 1 aromatic heterocycles. The van der Waals surface area contributed by atoms with E-state index in [1.165, 1.54) is 0 Å². The highest BCUT2D eigenvalue weighted by Crippen LogP contribution is 2.13. The summed E-state index contributed by atoms with van der Waals surface area (Å²) < 4.78 is 4.97. The largest absolute Gasteiger partial charge is 0.383 e. The van der Waals surface area contributed by atoms with Crippen LogP contribution in [0, 0.1) is 0 Å². The topological polar surface area (TPSA) is 47.0 Å². The molecule has 0 spiro atoms. The van der Waals surface area contributed by atoms with Crippen LogP contribution in [0.5, 0.6) is 0 Å². The molecule has 0 fully saturated rings. The number of nitrogens with zero attached hydrogens (tertiary/aromatic N) is 2. The second-order valence-electron chi connectivity index (χ2n) is 4.25. The van der Waals surface area contributed by atoms with Crippen molar-refractivity contribution in [1.82, 2.24) is 9.97 Å². The summed E-state index contributed by atoms with van der Waals surface area (Å²) in [5.41, 5.74) is 1.04. The van der Waals surface area contributed by atoms with Crippen LogP contribution in [0.15, 0.2) is 12.4 Å². The maximum Gasteiger partial charge on any atom is 0.129 e. The lowest BCUT2D eigenvalue weighted by molar-refractivity contribution is 0.196. The van der Waals surface area contributed by atoms with Gasteiger partial charge in [0.25, 0.3) is 0 Å². The van der Waals surface area contributed by atoms with Gasteiger partial charge in [0, 0.05) is 25.4 Å². The van der Waals surface area contributed by atoms with Crippen LogP contribution >= 0.6 is 11.6 Å². The molecule has 0 aliphatic rings. The average molecular weight is 258 g/mol. The molecule has 1 atom stereocenters. The van der Waals surface area contributed by atoms with Crippen LogP contribution in [0.1, 0.15) is 31.9 Å². The predicted molar refractivity (Wildman–Crippen MR) is 70.7 cm³/mol. The van der Waals surface area contributed by atoms with Gasteiger partial charge in [-0.3, -0.25) is 0 Å². The number of halogens is 1. The molecule has 0 bridgehead atoms. The van der Waals surface area contributed by atoms with Crippen LogP contribution in [0.4, 0.5) is 5.82 Å². The number of alkyl halides is 1. The van der Waals surface area contributed by atoms with Gasteiger partial charge in [-0.1, -0.05) is 13.8 Å². The van der Waals surface area contributed by atoms with Crippen LogP contribution in [0.3, 0.4) is 0 Å². The maximum absolute atomic E-state index is 6.03. The Kier molecular flexibility index (Phi) is 6.22. The Bertz CT molecular complexity index is 333. The van der Waals surface area contributed by atoms with E-state index in [1.54, 1.807) is 13.4 Å². The van der Waals surface area contributed by atoms with Crippen molar-refractivity contribution in [2.45, 2.75) is 31.6 Å². The van der Waals surface area contributed by atoms with E-state index in [0.29, 0.717) is 12.5 Å². The van der Waals surface area contributed by atoms with Crippen molar-refractivity contribution in [3.05, 3.63) is 18.1 Å². The number of methoxy groups -OCH3 is 1. The molecule has 0 saturated heterocycles. The van der Waals surface area contributed by atoms with Crippen molar-refractivity contribution in [2.75, 3.05) is 25.6 Å². The first kappa shape index (κ1) is 14.2. The zero-order chi connectivity index (χ0) is 12.7. The van der Waals surface area contributed by atoms with Gasteiger partial charge in [0.2, 0.25) is 0 Å². The Hall–Kier alpha value is -0.870. The smallest absolute Gasteiger partial charge is 0.129 e. The molecule has 0 aromatic carbocycles. The first-order chi connectivity index (χ1) is 8.13. The van der Waals surface area contributed by atoms with Gasteiger partial charge in [0.05, 0.1) is 12.0 Å². The Balaban J connectivity index is 2.38. The quantitative estimate of drug-likeness (QED) is 0.763. The molecule has 0 saturated carbocycles. The molecule has 0 aliphatic heterocycles. The lowest BCUT2D eigenvalue weighted by Gasteiger charge is -2.10. The fourth-order valence-electron chi connectivity index (χ4n) is 1.41. The van der Waals surface area contributed by atoms with Crippen LogP contribution in [0.25, 0.3) is 0 Å². The molecular weight excluding hydrogens is 238 g/mol. The first-order valence-corrected chi connectivity index (χ1v) is 6.26. The zero-order valence-electron chi connectivity index (χ0n) is 10.6. The van der Waals surface area contributed by atoms with Gasteiger partial charge in [0.1, 0.15) is 12.1 Å². The number of hydrogen-bond donors (Lipinski definition) is 1. The number of anilines is 1. The van der Waals surface area contributed by atoms with Crippen molar-refractivity contribution in [3.63, 3.8) is 0 Å². The first-order valence-electron chi connectivity index (χ1n) is 5.82. The van der Waals surface area contributed by atoms with Crippen molar-refractivity contribution < 1.29 is 4.74 Å². The highest BCUT2D eigenvalue weighted by atomic mass is 35.5. The summed E-state index contributed by atoms with van der Waals surface area (Å²) in [4.78, 5) is 8.38. The average Bonchev–Trinajstić information content (AvgIpc) is 2.30. The molecule has 1 heterocycles. The SMILES string of the molecule is COCC(Cl)CCNc1cc(C(C)C)ncn1. The predicted octanol–water partition coefficient (Wildman–Crippen LogP) is 2.66. The van der Waals surface area contributed by atoms with Gasteiger partial charge < -0.3 is 10.1 Å². The van der Waals surface area contributed by atoms with Gasteiger partial charge in [0.15, 0.2) is 0 Å². The molecule has 1 rings (SSSR count). The van der Waals surface area contributed by atoms with Crippen molar-refractivity contribution >= 4 is 17.4 Å². The summed E-state index contributed by atoms with van der Waals surface area (Å²) in [6, 6.07) is 1.98. The highest BCUT2D eigenvalue weighted by Gasteiger charge is 2.05. The highest BCUT2D eigenvalue weighted by molar-refractivity contribution is 6.20. The third-order valence-electron chi connectivity index (χ3n) is 2.39. The molecule has 96 valence electrons. The number of rotatable bonds is 7. The maximum atomic E-state index is 6.03. The molecule has 1 unspecified atom stereocenters. The van der Waals surface area contributed by atoms with Gasteiger partial charge in [-0.05, 0) is 12.3 Å². The van der Waals surface area contributed by atoms with Crippen LogP contribution < -0.4 is 5.32 Å². The molecule has 0 aliphatic carbocycles. The third-order valence-corrected chi connectivity index (χ3v) is 2.74. The summed E-state index contributed by atoms with van der Waals surface area (Å²) >= 11 is 6.03. The lowest BCUT2D eigenvalue weighted by atomic mass is 10.1. The number of ether oxygens (including phenoxy) is 1. The van der Waals surface area contributed by atoms with Crippen molar-refractivity contribution in [3.8, 4) is 0 Å². The summed E-state index contributed by atoms with van der Waals surface area (Å²) in [7, 11) is 1.65. The Morgan fingerprint density at radius 1 is 1.41 bits per heavy atom. The minimum absolute atomic E-state index is 0.0407. The third kappa shape index (κ3) is 5.33. The molecule has 17 heavy (non-hydrogen) atoms. The number of hydrogen-bond acceptors (Lipinski definition) is 4. The van der Waals surface area contributed by atoms with Crippen molar-refractivity contribution in [1.29, 1.82) is 0 Å². The molecule has 0 radical (unpaired) electrons. The molecule has 1 N–H and O–H groups in total. The van der Waals surface area contributed by atoms with E-state index in [0.717, 1.165) is 24.5 Å². The molecule has 4 nitrogen and oxygen atoms in total. The second-order valence-corrected chi connectivity index (χ2v) is 4.87. The summed E-state index contributed by atoms with van der Waals surface area (Å²) in [6.45, 7) is 5.58. The standard InChI is InChI=1S/C12H20ClN3O/c1-9(2)11-6-12(16-8-15-11)14-5-4-10(13)7-17-3/h6,8-10H,4-5,7H2,1-3H3,(H,14,15,16).